The van der Waals surface area contributed by atoms with Crippen LogP contribution in [0.15, 0.2) is 54.8 Å². The molecule has 2 aromatic carbocycles. The molecule has 0 amide bonds. The van der Waals surface area contributed by atoms with Crippen molar-refractivity contribution in [2.75, 3.05) is 11.9 Å². The minimum atomic E-state index is -0.584. The lowest BCUT2D eigenvalue weighted by Crippen LogP contribution is -2.08. The van der Waals surface area contributed by atoms with E-state index in [0.29, 0.717) is 36.4 Å². The number of benzene rings is 2. The Kier molecular flexibility index (Phi) is 6.92. The summed E-state index contributed by atoms with van der Waals surface area (Å²) in [6.45, 7) is 2.83. The van der Waals surface area contributed by atoms with Crippen molar-refractivity contribution in [3.8, 4) is 11.4 Å². The van der Waals surface area contributed by atoms with Gasteiger partial charge in [-0.1, -0.05) is 41.9 Å². The zero-order valence-electron chi connectivity index (χ0n) is 15.7. The third kappa shape index (κ3) is 5.18. The third-order valence-corrected chi connectivity index (χ3v) is 4.37. The Bertz CT molecular complexity index is 1030. The molecule has 1 heterocycles. The van der Waals surface area contributed by atoms with Gasteiger partial charge in [-0.25, -0.2) is 14.4 Å². The fraction of sp³-hybridized carbons (Fsp3) is 0.136. The van der Waals surface area contributed by atoms with Crippen molar-refractivity contribution >= 4 is 29.8 Å². The van der Waals surface area contributed by atoms with Gasteiger partial charge in [0, 0.05) is 17.7 Å². The number of halogens is 2. The Morgan fingerprint density at radius 3 is 2.66 bits per heavy atom. The van der Waals surface area contributed by atoms with Gasteiger partial charge in [0.15, 0.2) is 12.1 Å². The Morgan fingerprint density at radius 2 is 1.97 bits per heavy atom. The summed E-state index contributed by atoms with van der Waals surface area (Å²) >= 11 is 5.76. The Hall–Kier alpha value is -3.25. The maximum absolute atomic E-state index is 13.9. The van der Waals surface area contributed by atoms with E-state index < -0.39 is 5.82 Å². The summed E-state index contributed by atoms with van der Waals surface area (Å²) in [5.74, 6) is 0.0681. The molecular formula is C22H19ClFN3O2. The van der Waals surface area contributed by atoms with Crippen LogP contribution in [0.4, 0.5) is 10.2 Å². The van der Waals surface area contributed by atoms with Crippen LogP contribution in [0.1, 0.15) is 28.5 Å². The topological polar surface area (TPSA) is 64.1 Å². The van der Waals surface area contributed by atoms with Crippen LogP contribution in [-0.2, 0) is 11.3 Å². The fourth-order valence-corrected chi connectivity index (χ4v) is 2.75. The molecule has 0 saturated heterocycles. The van der Waals surface area contributed by atoms with E-state index in [1.165, 1.54) is 18.4 Å². The molecule has 29 heavy (non-hydrogen) atoms. The van der Waals surface area contributed by atoms with Crippen LogP contribution in [0.2, 0.25) is 5.02 Å². The van der Waals surface area contributed by atoms with E-state index >= 15 is 0 Å². The van der Waals surface area contributed by atoms with E-state index in [4.69, 9.17) is 16.3 Å². The molecule has 0 spiro atoms. The first-order chi connectivity index (χ1) is 14.1. The highest BCUT2D eigenvalue weighted by Gasteiger charge is 2.15. The number of hydrogen-bond donors (Lipinski definition) is 1. The second kappa shape index (κ2) is 9.80. The van der Waals surface area contributed by atoms with Gasteiger partial charge in [0.1, 0.15) is 17.3 Å². The number of hydrogen-bond acceptors (Lipinski definition) is 5. The monoisotopic (exact) mass is 411 g/mol. The fourth-order valence-electron chi connectivity index (χ4n) is 2.63. The minimum absolute atomic E-state index is 0.00283. The second-order valence-electron chi connectivity index (χ2n) is 6.04. The van der Waals surface area contributed by atoms with Crippen molar-refractivity contribution in [3.63, 3.8) is 0 Å². The third-order valence-electron chi connectivity index (χ3n) is 4.06. The first-order valence-corrected chi connectivity index (χ1v) is 9.38. The van der Waals surface area contributed by atoms with E-state index in [1.807, 2.05) is 37.3 Å². The van der Waals surface area contributed by atoms with Gasteiger partial charge in [0.25, 0.3) is 0 Å². The van der Waals surface area contributed by atoms with Gasteiger partial charge in [-0.05, 0) is 36.8 Å². The smallest absolute Gasteiger partial charge is 0.169 e. The summed E-state index contributed by atoms with van der Waals surface area (Å²) in [6.07, 6.45) is 3.75. The van der Waals surface area contributed by atoms with E-state index in [-0.39, 0.29) is 16.5 Å². The number of anilines is 1. The molecule has 0 fully saturated rings. The van der Waals surface area contributed by atoms with Crippen LogP contribution in [0.5, 0.6) is 0 Å². The Balaban J connectivity index is 2.04. The van der Waals surface area contributed by atoms with Gasteiger partial charge in [0.05, 0.1) is 17.9 Å². The molecule has 5 nitrogen and oxygen atoms in total. The molecule has 0 aliphatic rings. The van der Waals surface area contributed by atoms with E-state index in [2.05, 4.69) is 15.3 Å². The maximum atomic E-state index is 13.9. The SMILES string of the molecule is CCO/C=C\c1c(C=O)nc(-c2ccc(Cl)c(F)c2)nc1NCc1ccccc1. The largest absolute Gasteiger partial charge is 0.501 e. The number of aldehydes is 1. The maximum Gasteiger partial charge on any atom is 0.169 e. The highest BCUT2D eigenvalue weighted by Crippen LogP contribution is 2.26. The highest BCUT2D eigenvalue weighted by molar-refractivity contribution is 6.30. The molecule has 148 valence electrons. The molecule has 3 aromatic rings. The molecule has 0 radical (unpaired) electrons. The standard InChI is InChI=1S/C22H19ClFN3O2/c1-2-29-11-10-17-20(14-28)26-21(16-8-9-18(23)19(24)12-16)27-22(17)25-13-15-6-4-3-5-7-15/h3-12,14H,2,13H2,1H3,(H,25,26,27)/b11-10-. The van der Waals surface area contributed by atoms with Crippen LogP contribution in [-0.4, -0.2) is 22.9 Å². The number of carbonyl (C=O) groups is 1. The number of nitrogens with zero attached hydrogens (tertiary/aromatic N) is 2. The van der Waals surface area contributed by atoms with Gasteiger partial charge in [0.2, 0.25) is 0 Å². The molecule has 0 atom stereocenters. The van der Waals surface area contributed by atoms with Crippen LogP contribution in [0.3, 0.4) is 0 Å². The Morgan fingerprint density at radius 1 is 1.17 bits per heavy atom. The number of ether oxygens (including phenoxy) is 1. The average Bonchev–Trinajstić information content (AvgIpc) is 2.75. The average molecular weight is 412 g/mol. The molecular weight excluding hydrogens is 393 g/mol. The molecule has 0 aliphatic heterocycles. The van der Waals surface area contributed by atoms with Crippen molar-refractivity contribution in [1.29, 1.82) is 0 Å². The van der Waals surface area contributed by atoms with Crippen molar-refractivity contribution in [2.45, 2.75) is 13.5 Å². The number of nitrogens with one attached hydrogen (secondary N) is 1. The lowest BCUT2D eigenvalue weighted by molar-refractivity contribution is 0.111. The van der Waals surface area contributed by atoms with Crippen LogP contribution in [0.25, 0.3) is 17.5 Å². The molecule has 0 bridgehead atoms. The molecule has 7 heteroatoms. The number of carbonyl (C=O) groups excluding carboxylic acids is 1. The lowest BCUT2D eigenvalue weighted by Gasteiger charge is -2.13. The van der Waals surface area contributed by atoms with Crippen molar-refractivity contribution in [1.82, 2.24) is 9.97 Å². The Labute approximate surface area is 173 Å². The van der Waals surface area contributed by atoms with E-state index in [9.17, 15) is 9.18 Å². The molecule has 1 N–H and O–H groups in total. The summed E-state index contributed by atoms with van der Waals surface area (Å²) in [5.41, 5.74) is 2.11. The minimum Gasteiger partial charge on any atom is -0.501 e. The number of rotatable bonds is 8. The van der Waals surface area contributed by atoms with Crippen LogP contribution < -0.4 is 5.32 Å². The van der Waals surface area contributed by atoms with Gasteiger partial charge in [-0.15, -0.1) is 0 Å². The predicted octanol–water partition coefficient (Wildman–Crippen LogP) is 5.37. The molecule has 1 aromatic heterocycles. The molecule has 0 aliphatic carbocycles. The quantitative estimate of drug-likeness (QED) is 0.399. The zero-order valence-corrected chi connectivity index (χ0v) is 16.5. The van der Waals surface area contributed by atoms with Crippen molar-refractivity contribution in [2.24, 2.45) is 0 Å². The van der Waals surface area contributed by atoms with Gasteiger partial charge >= 0.3 is 0 Å². The number of aromatic nitrogens is 2. The summed E-state index contributed by atoms with van der Waals surface area (Å²) < 4.78 is 19.2. The van der Waals surface area contributed by atoms with Gasteiger partial charge < -0.3 is 10.1 Å². The predicted molar refractivity (Wildman–Crippen MR) is 112 cm³/mol. The normalized spacial score (nSPS) is 10.9. The molecule has 0 unspecified atom stereocenters. The highest BCUT2D eigenvalue weighted by atomic mass is 35.5. The summed E-state index contributed by atoms with van der Waals surface area (Å²) in [4.78, 5) is 20.5. The van der Waals surface area contributed by atoms with Crippen molar-refractivity contribution < 1.29 is 13.9 Å². The first-order valence-electron chi connectivity index (χ1n) is 9.01. The first kappa shape index (κ1) is 20.5. The lowest BCUT2D eigenvalue weighted by atomic mass is 10.1. The summed E-state index contributed by atoms with van der Waals surface area (Å²) in [5, 5.41) is 3.23. The van der Waals surface area contributed by atoms with E-state index in [0.717, 1.165) is 5.56 Å². The molecule has 0 saturated carbocycles. The summed E-state index contributed by atoms with van der Waals surface area (Å²) in [6, 6.07) is 14.0. The summed E-state index contributed by atoms with van der Waals surface area (Å²) in [7, 11) is 0. The zero-order chi connectivity index (χ0) is 20.6. The van der Waals surface area contributed by atoms with Crippen molar-refractivity contribution in [3.05, 3.63) is 82.5 Å². The van der Waals surface area contributed by atoms with Crippen LogP contribution >= 0.6 is 11.6 Å². The van der Waals surface area contributed by atoms with Crippen LogP contribution in [0, 0.1) is 5.82 Å². The van der Waals surface area contributed by atoms with Gasteiger partial charge in [-0.2, -0.15) is 0 Å². The van der Waals surface area contributed by atoms with Gasteiger partial charge in [-0.3, -0.25) is 4.79 Å². The second-order valence-corrected chi connectivity index (χ2v) is 6.45. The van der Waals surface area contributed by atoms with E-state index in [1.54, 1.807) is 12.1 Å². The molecule has 3 rings (SSSR count).